The third kappa shape index (κ3) is 2.72. The molecule has 0 atom stereocenters. The zero-order chi connectivity index (χ0) is 15.5. The fourth-order valence-corrected chi connectivity index (χ4v) is 3.29. The normalized spacial score (nSPS) is 15.7. The molecule has 0 radical (unpaired) electrons. The van der Waals surface area contributed by atoms with Crippen LogP contribution in [0.3, 0.4) is 0 Å². The second kappa shape index (κ2) is 5.88. The monoisotopic (exact) mass is 300 g/mol. The molecule has 1 saturated carbocycles. The quantitative estimate of drug-likeness (QED) is 0.712. The van der Waals surface area contributed by atoms with Crippen molar-refractivity contribution >= 4 is 5.82 Å². The number of pyridine rings is 1. The SMILES string of the molecule is c1ccc(-c2ccc(NC3(c4ccccc4)CCC3)nc2)cc1. The Hall–Kier alpha value is -2.61. The van der Waals surface area contributed by atoms with Crippen LogP contribution in [0.25, 0.3) is 11.1 Å². The first-order chi connectivity index (χ1) is 11.4. The summed E-state index contributed by atoms with van der Waals surface area (Å²) >= 11 is 0. The van der Waals surface area contributed by atoms with E-state index in [4.69, 9.17) is 0 Å². The smallest absolute Gasteiger partial charge is 0.126 e. The lowest BCUT2D eigenvalue weighted by Crippen LogP contribution is -2.42. The van der Waals surface area contributed by atoms with Crippen molar-refractivity contribution in [2.45, 2.75) is 24.8 Å². The van der Waals surface area contributed by atoms with E-state index in [-0.39, 0.29) is 5.54 Å². The van der Waals surface area contributed by atoms with E-state index in [0.29, 0.717) is 0 Å². The molecule has 1 aliphatic carbocycles. The van der Waals surface area contributed by atoms with Crippen molar-refractivity contribution in [2.75, 3.05) is 5.32 Å². The maximum Gasteiger partial charge on any atom is 0.126 e. The van der Waals surface area contributed by atoms with Crippen molar-refractivity contribution in [1.82, 2.24) is 4.98 Å². The summed E-state index contributed by atoms with van der Waals surface area (Å²) in [7, 11) is 0. The fourth-order valence-electron chi connectivity index (χ4n) is 3.29. The molecule has 1 N–H and O–H groups in total. The van der Waals surface area contributed by atoms with Gasteiger partial charge in [-0.05, 0) is 42.5 Å². The zero-order valence-electron chi connectivity index (χ0n) is 13.1. The summed E-state index contributed by atoms with van der Waals surface area (Å²) in [6.07, 6.45) is 5.55. The number of aromatic nitrogens is 1. The predicted octanol–water partition coefficient (Wildman–Crippen LogP) is 5.24. The Morgan fingerprint density at radius 3 is 2.00 bits per heavy atom. The van der Waals surface area contributed by atoms with Gasteiger partial charge in [0.05, 0.1) is 5.54 Å². The van der Waals surface area contributed by atoms with E-state index in [9.17, 15) is 0 Å². The van der Waals surface area contributed by atoms with E-state index in [0.717, 1.165) is 11.4 Å². The van der Waals surface area contributed by atoms with Crippen molar-refractivity contribution in [3.8, 4) is 11.1 Å². The Bertz CT molecular complexity index is 760. The van der Waals surface area contributed by atoms with E-state index < -0.39 is 0 Å². The molecule has 2 heteroatoms. The Balaban J connectivity index is 1.57. The first kappa shape index (κ1) is 14.0. The van der Waals surface area contributed by atoms with Crippen molar-refractivity contribution in [3.05, 3.63) is 84.6 Å². The van der Waals surface area contributed by atoms with Crippen LogP contribution in [0.15, 0.2) is 79.0 Å². The lowest BCUT2D eigenvalue weighted by Gasteiger charge is -2.43. The van der Waals surface area contributed by atoms with Crippen molar-refractivity contribution < 1.29 is 0 Å². The standard InChI is InChI=1S/C21H20N2/c1-3-8-17(9-4-1)18-12-13-20(22-16-18)23-21(14-7-15-21)19-10-5-2-6-11-19/h1-6,8-13,16H,7,14-15H2,(H,22,23). The molecule has 0 bridgehead atoms. The summed E-state index contributed by atoms with van der Waals surface area (Å²) in [4.78, 5) is 4.64. The largest absolute Gasteiger partial charge is 0.361 e. The Labute approximate surface area is 137 Å². The highest BCUT2D eigenvalue weighted by Gasteiger charge is 2.38. The van der Waals surface area contributed by atoms with Crippen LogP contribution in [0.1, 0.15) is 24.8 Å². The number of rotatable bonds is 4. The van der Waals surface area contributed by atoms with Crippen LogP contribution in [0.5, 0.6) is 0 Å². The van der Waals surface area contributed by atoms with Crippen LogP contribution >= 0.6 is 0 Å². The van der Waals surface area contributed by atoms with E-state index in [2.05, 4.69) is 77.0 Å². The summed E-state index contributed by atoms with van der Waals surface area (Å²) in [6, 6.07) is 25.3. The first-order valence-electron chi connectivity index (χ1n) is 8.21. The second-order valence-electron chi connectivity index (χ2n) is 6.22. The van der Waals surface area contributed by atoms with Gasteiger partial charge in [-0.25, -0.2) is 4.98 Å². The summed E-state index contributed by atoms with van der Waals surface area (Å²) < 4.78 is 0. The summed E-state index contributed by atoms with van der Waals surface area (Å²) in [5, 5.41) is 3.68. The minimum absolute atomic E-state index is 0.0581. The fraction of sp³-hybridized carbons (Fsp3) is 0.190. The molecule has 4 rings (SSSR count). The first-order valence-corrected chi connectivity index (χ1v) is 8.21. The highest BCUT2D eigenvalue weighted by molar-refractivity contribution is 5.63. The van der Waals surface area contributed by atoms with E-state index >= 15 is 0 Å². The predicted molar refractivity (Wildman–Crippen MR) is 95.3 cm³/mol. The van der Waals surface area contributed by atoms with E-state index in [1.807, 2.05) is 12.3 Å². The molecule has 2 aromatic carbocycles. The average molecular weight is 300 g/mol. The molecule has 114 valence electrons. The van der Waals surface area contributed by atoms with Crippen LogP contribution < -0.4 is 5.32 Å². The number of hydrogen-bond donors (Lipinski definition) is 1. The second-order valence-corrected chi connectivity index (χ2v) is 6.22. The number of nitrogens with one attached hydrogen (secondary N) is 1. The lowest BCUT2D eigenvalue weighted by atomic mass is 9.72. The van der Waals surface area contributed by atoms with Crippen molar-refractivity contribution in [3.63, 3.8) is 0 Å². The third-order valence-electron chi connectivity index (χ3n) is 4.77. The molecule has 1 fully saturated rings. The average Bonchev–Trinajstić information content (AvgIpc) is 2.60. The molecular formula is C21H20N2. The molecule has 2 nitrogen and oxygen atoms in total. The number of benzene rings is 2. The van der Waals surface area contributed by atoms with E-state index in [1.54, 1.807) is 0 Å². The topological polar surface area (TPSA) is 24.9 Å². The molecule has 23 heavy (non-hydrogen) atoms. The van der Waals surface area contributed by atoms with Crippen LogP contribution in [-0.4, -0.2) is 4.98 Å². The zero-order valence-corrected chi connectivity index (χ0v) is 13.1. The molecule has 3 aromatic rings. The summed E-state index contributed by atoms with van der Waals surface area (Å²) in [6.45, 7) is 0. The minimum atomic E-state index is 0.0581. The molecule has 1 heterocycles. The van der Waals surface area contributed by atoms with Gasteiger partial charge >= 0.3 is 0 Å². The molecular weight excluding hydrogens is 280 g/mol. The molecule has 0 amide bonds. The van der Waals surface area contributed by atoms with Gasteiger partial charge in [0, 0.05) is 11.8 Å². The highest BCUT2D eigenvalue weighted by atomic mass is 15.1. The van der Waals surface area contributed by atoms with Gasteiger partial charge in [0.1, 0.15) is 5.82 Å². The van der Waals surface area contributed by atoms with Crippen molar-refractivity contribution in [2.24, 2.45) is 0 Å². The molecule has 0 spiro atoms. The van der Waals surface area contributed by atoms with Crippen LogP contribution in [0.4, 0.5) is 5.82 Å². The highest BCUT2D eigenvalue weighted by Crippen LogP contribution is 2.43. The Morgan fingerprint density at radius 2 is 1.43 bits per heavy atom. The summed E-state index contributed by atoms with van der Waals surface area (Å²) in [5.74, 6) is 0.952. The van der Waals surface area contributed by atoms with Gasteiger partial charge in [0.25, 0.3) is 0 Å². The van der Waals surface area contributed by atoms with Gasteiger partial charge in [-0.3, -0.25) is 0 Å². The van der Waals surface area contributed by atoms with Crippen molar-refractivity contribution in [1.29, 1.82) is 0 Å². The number of hydrogen-bond acceptors (Lipinski definition) is 2. The van der Waals surface area contributed by atoms with Crippen LogP contribution in [0.2, 0.25) is 0 Å². The van der Waals surface area contributed by atoms with Gasteiger partial charge in [0.15, 0.2) is 0 Å². The maximum atomic E-state index is 4.64. The van der Waals surface area contributed by atoms with Gasteiger partial charge in [-0.1, -0.05) is 60.7 Å². The molecule has 1 aliphatic rings. The van der Waals surface area contributed by atoms with Gasteiger partial charge in [-0.2, -0.15) is 0 Å². The lowest BCUT2D eigenvalue weighted by molar-refractivity contribution is 0.283. The summed E-state index contributed by atoms with van der Waals surface area (Å²) in [5.41, 5.74) is 3.77. The minimum Gasteiger partial charge on any atom is -0.361 e. The molecule has 1 aromatic heterocycles. The van der Waals surface area contributed by atoms with Gasteiger partial charge < -0.3 is 5.32 Å². The molecule has 0 aliphatic heterocycles. The Morgan fingerprint density at radius 1 is 0.739 bits per heavy atom. The third-order valence-corrected chi connectivity index (χ3v) is 4.77. The number of nitrogens with zero attached hydrogens (tertiary/aromatic N) is 1. The molecule has 0 unspecified atom stereocenters. The van der Waals surface area contributed by atoms with Gasteiger partial charge in [-0.15, -0.1) is 0 Å². The van der Waals surface area contributed by atoms with Crippen LogP contribution in [0, 0.1) is 0 Å². The van der Waals surface area contributed by atoms with Gasteiger partial charge in [0.2, 0.25) is 0 Å². The van der Waals surface area contributed by atoms with E-state index in [1.165, 1.54) is 30.4 Å². The Kier molecular flexibility index (Phi) is 3.58. The maximum absolute atomic E-state index is 4.64. The molecule has 0 saturated heterocycles. The van der Waals surface area contributed by atoms with Crippen LogP contribution in [-0.2, 0) is 5.54 Å². The number of anilines is 1.